The predicted molar refractivity (Wildman–Crippen MR) is 75.9 cm³/mol. The summed E-state index contributed by atoms with van der Waals surface area (Å²) >= 11 is 0. The smallest absolute Gasteiger partial charge is 0.119 e. The SMILES string of the molecule is COc1cccc(CC2(N)CCCC(C)(C)C2)c1. The van der Waals surface area contributed by atoms with Crippen molar-refractivity contribution in [1.29, 1.82) is 0 Å². The zero-order valence-electron chi connectivity index (χ0n) is 11.8. The van der Waals surface area contributed by atoms with Crippen LogP contribution in [0.25, 0.3) is 0 Å². The first kappa shape index (κ1) is 13.4. The van der Waals surface area contributed by atoms with Crippen molar-refractivity contribution in [3.05, 3.63) is 29.8 Å². The van der Waals surface area contributed by atoms with E-state index in [-0.39, 0.29) is 5.54 Å². The topological polar surface area (TPSA) is 35.2 Å². The molecular weight excluding hydrogens is 222 g/mol. The average Bonchev–Trinajstić information content (AvgIpc) is 2.26. The van der Waals surface area contributed by atoms with Gasteiger partial charge in [0.1, 0.15) is 5.75 Å². The molecule has 1 atom stereocenters. The van der Waals surface area contributed by atoms with Gasteiger partial charge in [-0.25, -0.2) is 0 Å². The summed E-state index contributed by atoms with van der Waals surface area (Å²) in [6.45, 7) is 4.67. The highest BCUT2D eigenvalue weighted by molar-refractivity contribution is 5.29. The van der Waals surface area contributed by atoms with Crippen LogP contribution in [0, 0.1) is 5.41 Å². The predicted octanol–water partition coefficient (Wildman–Crippen LogP) is 3.54. The Morgan fingerprint density at radius 1 is 1.28 bits per heavy atom. The van der Waals surface area contributed by atoms with Gasteiger partial charge in [0.15, 0.2) is 0 Å². The second-order valence-corrected chi connectivity index (χ2v) is 6.59. The first-order chi connectivity index (χ1) is 8.42. The molecule has 1 saturated carbocycles. The van der Waals surface area contributed by atoms with Crippen LogP contribution in [0.1, 0.15) is 45.1 Å². The summed E-state index contributed by atoms with van der Waals surface area (Å²) in [7, 11) is 1.71. The molecule has 0 heterocycles. The lowest BCUT2D eigenvalue weighted by Gasteiger charge is -2.42. The molecule has 1 aliphatic rings. The van der Waals surface area contributed by atoms with Gasteiger partial charge in [-0.15, -0.1) is 0 Å². The number of hydrogen-bond acceptors (Lipinski definition) is 2. The first-order valence-electron chi connectivity index (χ1n) is 6.84. The van der Waals surface area contributed by atoms with Crippen molar-refractivity contribution in [3.63, 3.8) is 0 Å². The third kappa shape index (κ3) is 3.26. The number of nitrogens with two attached hydrogens (primary N) is 1. The van der Waals surface area contributed by atoms with Crippen LogP contribution in [0.5, 0.6) is 5.75 Å². The van der Waals surface area contributed by atoms with Gasteiger partial charge in [-0.05, 0) is 48.8 Å². The highest BCUT2D eigenvalue weighted by Crippen LogP contribution is 2.41. The Morgan fingerprint density at radius 3 is 2.72 bits per heavy atom. The van der Waals surface area contributed by atoms with E-state index in [0.29, 0.717) is 5.41 Å². The highest BCUT2D eigenvalue weighted by atomic mass is 16.5. The van der Waals surface area contributed by atoms with Crippen LogP contribution in [-0.2, 0) is 6.42 Å². The molecule has 2 nitrogen and oxygen atoms in total. The van der Waals surface area contributed by atoms with Gasteiger partial charge in [0.05, 0.1) is 7.11 Å². The zero-order chi connectivity index (χ0) is 13.2. The Labute approximate surface area is 111 Å². The Kier molecular flexibility index (Phi) is 3.67. The maximum atomic E-state index is 6.62. The number of benzene rings is 1. The largest absolute Gasteiger partial charge is 0.497 e. The van der Waals surface area contributed by atoms with Crippen molar-refractivity contribution in [1.82, 2.24) is 0 Å². The van der Waals surface area contributed by atoms with Gasteiger partial charge in [0.25, 0.3) is 0 Å². The van der Waals surface area contributed by atoms with Gasteiger partial charge >= 0.3 is 0 Å². The van der Waals surface area contributed by atoms with E-state index in [0.717, 1.165) is 25.0 Å². The van der Waals surface area contributed by atoms with Gasteiger partial charge in [-0.1, -0.05) is 32.4 Å². The van der Waals surface area contributed by atoms with E-state index in [4.69, 9.17) is 10.5 Å². The summed E-state index contributed by atoms with van der Waals surface area (Å²) in [5.74, 6) is 0.922. The van der Waals surface area contributed by atoms with Crippen LogP contribution >= 0.6 is 0 Å². The number of methoxy groups -OCH3 is 1. The molecule has 0 saturated heterocycles. The lowest BCUT2D eigenvalue weighted by Crippen LogP contribution is -2.48. The molecule has 18 heavy (non-hydrogen) atoms. The first-order valence-corrected chi connectivity index (χ1v) is 6.84. The fourth-order valence-electron chi connectivity index (χ4n) is 3.39. The Balaban J connectivity index is 2.11. The molecule has 2 N–H and O–H groups in total. The lowest BCUT2D eigenvalue weighted by atomic mass is 9.66. The normalized spacial score (nSPS) is 26.9. The van der Waals surface area contributed by atoms with Crippen molar-refractivity contribution >= 4 is 0 Å². The third-order valence-corrected chi connectivity index (χ3v) is 4.05. The molecule has 1 aromatic rings. The molecule has 1 aromatic carbocycles. The van der Waals surface area contributed by atoms with Crippen molar-refractivity contribution in [2.24, 2.45) is 11.1 Å². The summed E-state index contributed by atoms with van der Waals surface area (Å²) in [6, 6.07) is 8.29. The second kappa shape index (κ2) is 4.93. The molecule has 0 aliphatic heterocycles. The van der Waals surface area contributed by atoms with E-state index in [1.165, 1.54) is 18.4 Å². The quantitative estimate of drug-likeness (QED) is 0.886. The van der Waals surface area contributed by atoms with E-state index in [1.807, 2.05) is 12.1 Å². The molecule has 0 radical (unpaired) electrons. The molecule has 0 amide bonds. The van der Waals surface area contributed by atoms with Gasteiger partial charge in [-0.2, -0.15) is 0 Å². The van der Waals surface area contributed by atoms with E-state index >= 15 is 0 Å². The van der Waals surface area contributed by atoms with Crippen molar-refractivity contribution in [2.75, 3.05) is 7.11 Å². The van der Waals surface area contributed by atoms with Gasteiger partial charge in [-0.3, -0.25) is 0 Å². The second-order valence-electron chi connectivity index (χ2n) is 6.59. The van der Waals surface area contributed by atoms with E-state index in [2.05, 4.69) is 26.0 Å². The molecule has 100 valence electrons. The molecule has 1 unspecified atom stereocenters. The molecule has 1 aliphatic carbocycles. The minimum absolute atomic E-state index is 0.0475. The van der Waals surface area contributed by atoms with Crippen LogP contribution < -0.4 is 10.5 Å². The van der Waals surface area contributed by atoms with E-state index < -0.39 is 0 Å². The summed E-state index contributed by atoms with van der Waals surface area (Å²) in [5, 5.41) is 0. The minimum atomic E-state index is -0.0475. The lowest BCUT2D eigenvalue weighted by molar-refractivity contribution is 0.151. The Bertz CT molecular complexity index is 413. The highest BCUT2D eigenvalue weighted by Gasteiger charge is 2.36. The van der Waals surface area contributed by atoms with Crippen LogP contribution in [0.2, 0.25) is 0 Å². The summed E-state index contributed by atoms with van der Waals surface area (Å²) < 4.78 is 5.28. The van der Waals surface area contributed by atoms with E-state index in [9.17, 15) is 0 Å². The number of hydrogen-bond donors (Lipinski definition) is 1. The van der Waals surface area contributed by atoms with Crippen molar-refractivity contribution in [2.45, 2.75) is 51.5 Å². The minimum Gasteiger partial charge on any atom is -0.497 e. The van der Waals surface area contributed by atoms with Crippen LogP contribution in [0.15, 0.2) is 24.3 Å². The summed E-state index contributed by atoms with van der Waals surface area (Å²) in [6.07, 6.45) is 5.73. The van der Waals surface area contributed by atoms with Gasteiger partial charge < -0.3 is 10.5 Å². The summed E-state index contributed by atoms with van der Waals surface area (Å²) in [5.41, 5.74) is 8.24. The van der Waals surface area contributed by atoms with E-state index in [1.54, 1.807) is 7.11 Å². The maximum absolute atomic E-state index is 6.62. The fourth-order valence-corrected chi connectivity index (χ4v) is 3.39. The number of ether oxygens (including phenoxy) is 1. The standard InChI is InChI=1S/C16H25NO/c1-15(2)8-5-9-16(17,12-15)11-13-6-4-7-14(10-13)18-3/h4,6-7,10H,5,8-9,11-12,17H2,1-3H3. The molecular formula is C16H25NO. The maximum Gasteiger partial charge on any atom is 0.119 e. The third-order valence-electron chi connectivity index (χ3n) is 4.05. The van der Waals surface area contributed by atoms with Crippen molar-refractivity contribution < 1.29 is 4.74 Å². The Morgan fingerprint density at radius 2 is 2.06 bits per heavy atom. The summed E-state index contributed by atoms with van der Waals surface area (Å²) in [4.78, 5) is 0. The van der Waals surface area contributed by atoms with Crippen LogP contribution in [0.4, 0.5) is 0 Å². The molecule has 1 fully saturated rings. The monoisotopic (exact) mass is 247 g/mol. The average molecular weight is 247 g/mol. The zero-order valence-corrected chi connectivity index (χ0v) is 11.8. The Hall–Kier alpha value is -1.02. The van der Waals surface area contributed by atoms with Crippen LogP contribution in [0.3, 0.4) is 0 Å². The van der Waals surface area contributed by atoms with Gasteiger partial charge in [0.2, 0.25) is 0 Å². The molecule has 0 spiro atoms. The van der Waals surface area contributed by atoms with Crippen molar-refractivity contribution in [3.8, 4) is 5.75 Å². The number of rotatable bonds is 3. The fraction of sp³-hybridized carbons (Fsp3) is 0.625. The van der Waals surface area contributed by atoms with Gasteiger partial charge in [0, 0.05) is 5.54 Å². The molecule has 2 heteroatoms. The van der Waals surface area contributed by atoms with Crippen LogP contribution in [-0.4, -0.2) is 12.6 Å². The molecule has 0 aromatic heterocycles. The molecule has 2 rings (SSSR count). The molecule has 0 bridgehead atoms.